The van der Waals surface area contributed by atoms with Crippen LogP contribution in [-0.2, 0) is 0 Å². The number of nitriles is 1. The quantitative estimate of drug-likeness (QED) is 0.870. The van der Waals surface area contributed by atoms with Crippen LogP contribution in [0.5, 0.6) is 5.88 Å². The number of methoxy groups -OCH3 is 1. The number of anilines is 3. The molecule has 3 N–H and O–H groups in total. The van der Waals surface area contributed by atoms with Crippen LogP contribution in [0.15, 0.2) is 24.3 Å². The lowest BCUT2D eigenvalue weighted by Crippen LogP contribution is -2.03. The summed E-state index contributed by atoms with van der Waals surface area (Å²) in [4.78, 5) is 7.94. The Labute approximate surface area is 110 Å². The fourth-order valence-electron chi connectivity index (χ4n) is 1.67. The van der Waals surface area contributed by atoms with Crippen LogP contribution in [0.25, 0.3) is 0 Å². The molecular formula is C13H13N5O. The maximum atomic E-state index is 9.16. The predicted molar refractivity (Wildman–Crippen MR) is 72.2 cm³/mol. The molecule has 0 fully saturated rings. The van der Waals surface area contributed by atoms with E-state index in [-0.39, 0.29) is 5.95 Å². The Bertz CT molecular complexity index is 648. The molecule has 2 aromatic rings. The van der Waals surface area contributed by atoms with E-state index < -0.39 is 0 Å². The number of nitrogen functional groups attached to an aromatic ring is 1. The topological polar surface area (TPSA) is 96.8 Å². The predicted octanol–water partition coefficient (Wildman–Crippen LogP) is 1.99. The van der Waals surface area contributed by atoms with Crippen molar-refractivity contribution >= 4 is 17.5 Å². The number of aryl methyl sites for hydroxylation is 1. The van der Waals surface area contributed by atoms with Crippen LogP contribution in [0.1, 0.15) is 11.1 Å². The number of nitrogens with one attached hydrogen (secondary N) is 1. The van der Waals surface area contributed by atoms with Gasteiger partial charge in [0.15, 0.2) is 0 Å². The van der Waals surface area contributed by atoms with Crippen molar-refractivity contribution in [2.24, 2.45) is 0 Å². The van der Waals surface area contributed by atoms with E-state index in [1.807, 2.05) is 19.1 Å². The third kappa shape index (κ3) is 2.72. The van der Waals surface area contributed by atoms with Gasteiger partial charge < -0.3 is 15.8 Å². The fourth-order valence-corrected chi connectivity index (χ4v) is 1.67. The van der Waals surface area contributed by atoms with Gasteiger partial charge in [-0.15, -0.1) is 0 Å². The fraction of sp³-hybridized carbons (Fsp3) is 0.154. The summed E-state index contributed by atoms with van der Waals surface area (Å²) >= 11 is 0. The van der Waals surface area contributed by atoms with Gasteiger partial charge in [-0.3, -0.25) is 0 Å². The molecule has 96 valence electrons. The van der Waals surface area contributed by atoms with Gasteiger partial charge in [0.05, 0.1) is 18.4 Å². The lowest BCUT2D eigenvalue weighted by atomic mass is 10.1. The zero-order valence-electron chi connectivity index (χ0n) is 10.6. The van der Waals surface area contributed by atoms with Gasteiger partial charge in [-0.1, -0.05) is 12.1 Å². The largest absolute Gasteiger partial charge is 0.481 e. The van der Waals surface area contributed by atoms with E-state index in [2.05, 4.69) is 21.4 Å². The Balaban J connectivity index is 2.39. The Kier molecular flexibility index (Phi) is 3.48. The highest BCUT2D eigenvalue weighted by Crippen LogP contribution is 2.23. The summed E-state index contributed by atoms with van der Waals surface area (Å²) in [7, 11) is 1.50. The minimum absolute atomic E-state index is 0.105. The Morgan fingerprint density at radius 2 is 2.16 bits per heavy atom. The summed E-state index contributed by atoms with van der Waals surface area (Å²) in [5.74, 6) is 0.945. The van der Waals surface area contributed by atoms with Gasteiger partial charge in [0.2, 0.25) is 11.8 Å². The van der Waals surface area contributed by atoms with Crippen molar-refractivity contribution in [1.29, 1.82) is 5.26 Å². The van der Waals surface area contributed by atoms with Gasteiger partial charge >= 0.3 is 0 Å². The van der Waals surface area contributed by atoms with Crippen LogP contribution in [-0.4, -0.2) is 17.1 Å². The number of benzene rings is 1. The second-order valence-corrected chi connectivity index (χ2v) is 3.89. The summed E-state index contributed by atoms with van der Waals surface area (Å²) in [6.45, 7) is 1.87. The third-order valence-electron chi connectivity index (χ3n) is 2.58. The lowest BCUT2D eigenvalue weighted by Gasteiger charge is -2.10. The Morgan fingerprint density at radius 3 is 2.84 bits per heavy atom. The second-order valence-electron chi connectivity index (χ2n) is 3.89. The van der Waals surface area contributed by atoms with Gasteiger partial charge in [0.25, 0.3) is 0 Å². The van der Waals surface area contributed by atoms with Crippen LogP contribution >= 0.6 is 0 Å². The minimum Gasteiger partial charge on any atom is -0.481 e. The van der Waals surface area contributed by atoms with Gasteiger partial charge in [-0.2, -0.15) is 15.2 Å². The van der Waals surface area contributed by atoms with Gasteiger partial charge in [0.1, 0.15) is 11.9 Å². The highest BCUT2D eigenvalue weighted by Gasteiger charge is 2.07. The average Bonchev–Trinajstić information content (AvgIpc) is 2.38. The van der Waals surface area contributed by atoms with Crippen LogP contribution in [0.2, 0.25) is 0 Å². The molecule has 0 amide bonds. The molecule has 1 aromatic carbocycles. The molecule has 0 atom stereocenters. The van der Waals surface area contributed by atoms with E-state index in [0.29, 0.717) is 22.9 Å². The van der Waals surface area contributed by atoms with Crippen molar-refractivity contribution in [3.63, 3.8) is 0 Å². The van der Waals surface area contributed by atoms with Crippen molar-refractivity contribution < 1.29 is 4.74 Å². The zero-order valence-corrected chi connectivity index (χ0v) is 10.6. The average molecular weight is 255 g/mol. The number of aromatic nitrogens is 2. The standard InChI is InChI=1S/C13H13N5O/c1-8-4-3-5-10(9(8)7-14)16-11-6-12(19-2)18-13(15)17-11/h3-6H,1-2H3,(H3,15,16,17,18). The summed E-state index contributed by atoms with van der Waals surface area (Å²) in [5, 5.41) is 12.2. The molecule has 0 bridgehead atoms. The van der Waals surface area contributed by atoms with Gasteiger partial charge in [-0.05, 0) is 18.6 Å². The smallest absolute Gasteiger partial charge is 0.225 e. The molecule has 0 aliphatic heterocycles. The summed E-state index contributed by atoms with van der Waals surface area (Å²) in [5.41, 5.74) is 7.71. The molecule has 0 radical (unpaired) electrons. The van der Waals surface area contributed by atoms with E-state index in [0.717, 1.165) is 5.56 Å². The summed E-state index contributed by atoms with van der Waals surface area (Å²) < 4.78 is 5.02. The molecule has 0 saturated carbocycles. The maximum Gasteiger partial charge on any atom is 0.225 e. The van der Waals surface area contributed by atoms with E-state index in [1.54, 1.807) is 12.1 Å². The molecular weight excluding hydrogens is 242 g/mol. The molecule has 0 aliphatic carbocycles. The van der Waals surface area contributed by atoms with Crippen molar-refractivity contribution in [2.45, 2.75) is 6.92 Å². The highest BCUT2D eigenvalue weighted by atomic mass is 16.5. The zero-order chi connectivity index (χ0) is 13.8. The molecule has 1 heterocycles. The van der Waals surface area contributed by atoms with Crippen LogP contribution in [0.4, 0.5) is 17.5 Å². The van der Waals surface area contributed by atoms with Gasteiger partial charge in [-0.25, -0.2) is 0 Å². The highest BCUT2D eigenvalue weighted by molar-refractivity contribution is 5.67. The monoisotopic (exact) mass is 255 g/mol. The molecule has 0 unspecified atom stereocenters. The van der Waals surface area contributed by atoms with Crippen LogP contribution in [0.3, 0.4) is 0 Å². The first-order valence-electron chi connectivity index (χ1n) is 5.59. The van der Waals surface area contributed by atoms with Gasteiger partial charge in [0, 0.05) is 6.07 Å². The van der Waals surface area contributed by atoms with E-state index in [4.69, 9.17) is 15.7 Å². The first kappa shape index (κ1) is 12.6. The van der Waals surface area contributed by atoms with E-state index in [9.17, 15) is 0 Å². The summed E-state index contributed by atoms with van der Waals surface area (Å²) in [6, 6.07) is 9.31. The third-order valence-corrected chi connectivity index (χ3v) is 2.58. The van der Waals surface area contributed by atoms with Crippen LogP contribution in [0, 0.1) is 18.3 Å². The molecule has 2 rings (SSSR count). The number of nitrogens with two attached hydrogens (primary N) is 1. The van der Waals surface area contributed by atoms with Crippen LogP contribution < -0.4 is 15.8 Å². The van der Waals surface area contributed by atoms with Crippen molar-refractivity contribution in [2.75, 3.05) is 18.2 Å². The normalized spacial score (nSPS) is 9.74. The van der Waals surface area contributed by atoms with Crippen molar-refractivity contribution in [3.8, 4) is 11.9 Å². The number of hydrogen-bond acceptors (Lipinski definition) is 6. The molecule has 6 nitrogen and oxygen atoms in total. The van der Waals surface area contributed by atoms with Crippen molar-refractivity contribution in [3.05, 3.63) is 35.4 Å². The first-order chi connectivity index (χ1) is 9.13. The van der Waals surface area contributed by atoms with E-state index >= 15 is 0 Å². The number of nitrogens with zero attached hydrogens (tertiary/aromatic N) is 3. The molecule has 1 aromatic heterocycles. The number of rotatable bonds is 3. The van der Waals surface area contributed by atoms with E-state index in [1.165, 1.54) is 7.11 Å². The molecule has 0 spiro atoms. The Hall–Kier alpha value is -2.81. The second kappa shape index (κ2) is 5.23. The maximum absolute atomic E-state index is 9.16. The molecule has 19 heavy (non-hydrogen) atoms. The lowest BCUT2D eigenvalue weighted by molar-refractivity contribution is 0.398. The van der Waals surface area contributed by atoms with Crippen molar-refractivity contribution in [1.82, 2.24) is 9.97 Å². The SMILES string of the molecule is COc1cc(Nc2cccc(C)c2C#N)nc(N)n1. The molecule has 0 saturated heterocycles. The summed E-state index contributed by atoms with van der Waals surface area (Å²) in [6.07, 6.45) is 0. The number of ether oxygens (including phenoxy) is 1. The Morgan fingerprint density at radius 1 is 1.37 bits per heavy atom. The number of hydrogen-bond donors (Lipinski definition) is 2. The first-order valence-corrected chi connectivity index (χ1v) is 5.59. The minimum atomic E-state index is 0.105. The molecule has 6 heteroatoms. The molecule has 0 aliphatic rings.